The van der Waals surface area contributed by atoms with Gasteiger partial charge in [-0.15, -0.1) is 0 Å². The first-order valence-corrected chi connectivity index (χ1v) is 11.3. The molecule has 2 aromatic carbocycles. The summed E-state index contributed by atoms with van der Waals surface area (Å²) in [6, 6.07) is 17.7. The Morgan fingerprint density at radius 1 is 1.03 bits per heavy atom. The van der Waals surface area contributed by atoms with Crippen LogP contribution in [0, 0.1) is 5.82 Å². The predicted molar refractivity (Wildman–Crippen MR) is 127 cm³/mol. The first-order valence-electron chi connectivity index (χ1n) is 11.3. The number of carbonyl (C=O) groups excluding carboxylic acids is 1. The summed E-state index contributed by atoms with van der Waals surface area (Å²) in [5.74, 6) is 1.04. The second-order valence-corrected chi connectivity index (χ2v) is 8.39. The van der Waals surface area contributed by atoms with Crippen molar-refractivity contribution in [2.24, 2.45) is 0 Å². The minimum Gasteiger partial charge on any atom is -0.381 e. The van der Waals surface area contributed by atoms with Gasteiger partial charge < -0.3 is 10.2 Å². The Labute approximate surface area is 197 Å². The average Bonchev–Trinajstić information content (AvgIpc) is 3.54. The Balaban J connectivity index is 1.23. The number of H-pyrrole nitrogens is 1. The highest BCUT2D eigenvalue weighted by Gasteiger charge is 2.33. The number of carbonyl (C=O) groups is 1. The van der Waals surface area contributed by atoms with Crippen LogP contribution in [0.1, 0.15) is 52.0 Å². The van der Waals surface area contributed by atoms with Crippen molar-refractivity contribution in [3.63, 3.8) is 0 Å². The van der Waals surface area contributed by atoms with Gasteiger partial charge in [0.15, 0.2) is 5.82 Å². The molecule has 1 aliphatic heterocycles. The van der Waals surface area contributed by atoms with E-state index in [1.54, 1.807) is 24.5 Å². The van der Waals surface area contributed by atoms with Crippen molar-refractivity contribution < 1.29 is 9.18 Å². The third-order valence-corrected chi connectivity index (χ3v) is 6.02. The van der Waals surface area contributed by atoms with Crippen LogP contribution in [-0.2, 0) is 13.0 Å². The van der Waals surface area contributed by atoms with Crippen LogP contribution in [0.15, 0.2) is 73.1 Å². The second kappa shape index (κ2) is 9.82. The predicted octanol–water partition coefficient (Wildman–Crippen LogP) is 4.52. The van der Waals surface area contributed by atoms with Crippen LogP contribution >= 0.6 is 0 Å². The third kappa shape index (κ3) is 4.96. The molecule has 1 unspecified atom stereocenters. The van der Waals surface area contributed by atoms with Crippen LogP contribution in [0.25, 0.3) is 0 Å². The van der Waals surface area contributed by atoms with Gasteiger partial charge in [0, 0.05) is 43.2 Å². The maximum Gasteiger partial charge on any atom is 0.254 e. The van der Waals surface area contributed by atoms with Crippen molar-refractivity contribution in [2.45, 2.75) is 31.8 Å². The number of hydrogen-bond acceptors (Lipinski definition) is 5. The number of rotatable bonds is 7. The molecule has 7 nitrogen and oxygen atoms in total. The lowest BCUT2D eigenvalue weighted by molar-refractivity contribution is 0.0730. The van der Waals surface area contributed by atoms with E-state index in [1.807, 2.05) is 41.3 Å². The van der Waals surface area contributed by atoms with Crippen molar-refractivity contribution in [1.29, 1.82) is 0 Å². The molecule has 1 saturated heterocycles. The summed E-state index contributed by atoms with van der Waals surface area (Å²) in [5, 5.41) is 10.7. The van der Waals surface area contributed by atoms with Gasteiger partial charge in [-0.2, -0.15) is 5.10 Å². The number of likely N-dealkylation sites (tertiary alicyclic amines) is 1. The maximum absolute atomic E-state index is 13.2. The number of anilines is 1. The zero-order chi connectivity index (χ0) is 23.3. The van der Waals surface area contributed by atoms with E-state index in [4.69, 9.17) is 0 Å². The fraction of sp³-hybridized carbons (Fsp3) is 0.231. The van der Waals surface area contributed by atoms with Gasteiger partial charge in [0.1, 0.15) is 11.6 Å². The first kappa shape index (κ1) is 21.8. The van der Waals surface area contributed by atoms with Crippen LogP contribution in [-0.4, -0.2) is 37.5 Å². The zero-order valence-corrected chi connectivity index (χ0v) is 18.6. The standard InChI is InChI=1S/C26H25FN6O/c27-21-7-3-18(4-8-21)16-24-30-25(32-31-24)23-2-1-15-33(23)26(34)20-5-9-22(10-6-20)29-17-19-11-13-28-14-12-19/h3-14,23,29H,1-2,15-17H2,(H,30,31,32). The quantitative estimate of drug-likeness (QED) is 0.427. The van der Waals surface area contributed by atoms with Crippen LogP contribution in [0.3, 0.4) is 0 Å². The van der Waals surface area contributed by atoms with E-state index in [1.165, 1.54) is 12.1 Å². The monoisotopic (exact) mass is 456 g/mol. The molecule has 1 fully saturated rings. The van der Waals surface area contributed by atoms with Gasteiger partial charge >= 0.3 is 0 Å². The maximum atomic E-state index is 13.2. The van der Waals surface area contributed by atoms with Crippen LogP contribution in [0.2, 0.25) is 0 Å². The van der Waals surface area contributed by atoms with Gasteiger partial charge in [-0.1, -0.05) is 12.1 Å². The molecule has 0 spiro atoms. The molecular weight excluding hydrogens is 431 g/mol. The number of hydrogen-bond donors (Lipinski definition) is 2. The molecule has 0 saturated carbocycles. The molecule has 3 heterocycles. The third-order valence-electron chi connectivity index (χ3n) is 6.02. The van der Waals surface area contributed by atoms with Crippen molar-refractivity contribution in [2.75, 3.05) is 11.9 Å². The van der Waals surface area contributed by atoms with Gasteiger partial charge in [-0.25, -0.2) is 9.37 Å². The average molecular weight is 457 g/mol. The highest BCUT2D eigenvalue weighted by atomic mass is 19.1. The molecule has 1 aliphatic rings. The van der Waals surface area contributed by atoms with E-state index in [2.05, 4.69) is 25.5 Å². The number of halogens is 1. The minimum absolute atomic E-state index is 0.0203. The number of nitrogens with zero attached hydrogens (tertiary/aromatic N) is 4. The Bertz CT molecular complexity index is 1240. The molecule has 2 N–H and O–H groups in total. The van der Waals surface area contributed by atoms with E-state index in [0.29, 0.717) is 36.7 Å². The van der Waals surface area contributed by atoms with E-state index >= 15 is 0 Å². The fourth-order valence-corrected chi connectivity index (χ4v) is 4.21. The van der Waals surface area contributed by atoms with Crippen LogP contribution in [0.4, 0.5) is 10.1 Å². The van der Waals surface area contributed by atoms with Gasteiger partial charge in [-0.05, 0) is 72.5 Å². The highest BCUT2D eigenvalue weighted by molar-refractivity contribution is 5.95. The van der Waals surface area contributed by atoms with Crippen molar-refractivity contribution in [3.05, 3.63) is 107 Å². The van der Waals surface area contributed by atoms with Crippen LogP contribution in [0.5, 0.6) is 0 Å². The summed E-state index contributed by atoms with van der Waals surface area (Å²) in [6.07, 6.45) is 5.80. The Morgan fingerprint density at radius 2 is 1.79 bits per heavy atom. The Kier molecular flexibility index (Phi) is 6.29. The summed E-state index contributed by atoms with van der Waals surface area (Å²) < 4.78 is 13.1. The van der Waals surface area contributed by atoms with E-state index in [0.717, 1.165) is 29.7 Å². The van der Waals surface area contributed by atoms with Crippen molar-refractivity contribution in [3.8, 4) is 0 Å². The SMILES string of the molecule is O=C(c1ccc(NCc2ccncc2)cc1)N1CCCC1c1n[nH]c(Cc2ccc(F)cc2)n1. The lowest BCUT2D eigenvalue weighted by Crippen LogP contribution is -2.31. The highest BCUT2D eigenvalue weighted by Crippen LogP contribution is 2.31. The molecule has 4 aromatic rings. The molecule has 1 atom stereocenters. The number of aromatic amines is 1. The van der Waals surface area contributed by atoms with Gasteiger partial charge in [0.25, 0.3) is 5.91 Å². The van der Waals surface area contributed by atoms with E-state index in [9.17, 15) is 9.18 Å². The smallest absolute Gasteiger partial charge is 0.254 e. The molecule has 0 radical (unpaired) electrons. The van der Waals surface area contributed by atoms with Crippen LogP contribution < -0.4 is 5.32 Å². The Morgan fingerprint density at radius 3 is 2.56 bits per heavy atom. The number of benzene rings is 2. The molecule has 34 heavy (non-hydrogen) atoms. The topological polar surface area (TPSA) is 86.8 Å². The molecule has 5 rings (SSSR count). The summed E-state index contributed by atoms with van der Waals surface area (Å²) in [4.78, 5) is 23.8. The number of nitrogens with one attached hydrogen (secondary N) is 2. The lowest BCUT2D eigenvalue weighted by Gasteiger charge is -2.22. The molecular formula is C26H25FN6O. The molecule has 8 heteroatoms. The summed E-state index contributed by atoms with van der Waals surface area (Å²) in [6.45, 7) is 1.36. The summed E-state index contributed by atoms with van der Waals surface area (Å²) in [5.41, 5.74) is 3.68. The second-order valence-electron chi connectivity index (χ2n) is 8.39. The molecule has 2 aromatic heterocycles. The summed E-state index contributed by atoms with van der Waals surface area (Å²) >= 11 is 0. The normalized spacial score (nSPS) is 15.4. The summed E-state index contributed by atoms with van der Waals surface area (Å²) in [7, 11) is 0. The molecule has 0 bridgehead atoms. The van der Waals surface area contributed by atoms with Gasteiger partial charge in [-0.3, -0.25) is 14.9 Å². The number of pyridine rings is 1. The fourth-order valence-electron chi connectivity index (χ4n) is 4.21. The number of aromatic nitrogens is 4. The van der Waals surface area contributed by atoms with Crippen molar-refractivity contribution in [1.82, 2.24) is 25.1 Å². The molecule has 1 amide bonds. The molecule has 172 valence electrons. The van der Waals surface area contributed by atoms with Gasteiger partial charge in [0.2, 0.25) is 0 Å². The van der Waals surface area contributed by atoms with E-state index in [-0.39, 0.29) is 17.8 Å². The van der Waals surface area contributed by atoms with Gasteiger partial charge in [0.05, 0.1) is 6.04 Å². The molecule has 0 aliphatic carbocycles. The zero-order valence-electron chi connectivity index (χ0n) is 18.6. The first-order chi connectivity index (χ1) is 16.7. The Hall–Kier alpha value is -4.07. The minimum atomic E-state index is -0.264. The number of amides is 1. The van der Waals surface area contributed by atoms with E-state index < -0.39 is 0 Å². The largest absolute Gasteiger partial charge is 0.381 e. The van der Waals surface area contributed by atoms with Crippen molar-refractivity contribution >= 4 is 11.6 Å². The lowest BCUT2D eigenvalue weighted by atomic mass is 10.1.